The highest BCUT2D eigenvalue weighted by atomic mass is 16.4. The predicted octanol–water partition coefficient (Wildman–Crippen LogP) is 3.21. The smallest absolute Gasteiger partial charge is 0.352 e. The topological polar surface area (TPSA) is 94.9 Å². The molecule has 2 heterocycles. The van der Waals surface area contributed by atoms with Gasteiger partial charge in [0.2, 0.25) is 5.91 Å². The average molecular weight is 405 g/mol. The lowest BCUT2D eigenvalue weighted by atomic mass is 9.77. The minimum atomic E-state index is -1.14. The first-order valence-corrected chi connectivity index (χ1v) is 9.92. The van der Waals surface area contributed by atoms with Crippen LogP contribution in [-0.2, 0) is 9.59 Å². The van der Waals surface area contributed by atoms with Gasteiger partial charge in [-0.25, -0.2) is 4.79 Å². The molecule has 2 aromatic rings. The van der Waals surface area contributed by atoms with Crippen LogP contribution in [0, 0.1) is 11.8 Å². The lowest BCUT2D eigenvalue weighted by Gasteiger charge is -2.46. The predicted molar refractivity (Wildman–Crippen MR) is 111 cm³/mol. The number of hydrogen-bond acceptors (Lipinski definition) is 4. The van der Waals surface area contributed by atoms with Crippen LogP contribution in [0.3, 0.4) is 0 Å². The maximum Gasteiger partial charge on any atom is 0.352 e. The molecule has 4 atom stereocenters. The molecule has 0 radical (unpaired) electrons. The summed E-state index contributed by atoms with van der Waals surface area (Å²) in [5.74, 6) is -2.24. The minimum absolute atomic E-state index is 0.00737. The summed E-state index contributed by atoms with van der Waals surface area (Å²) >= 11 is 0. The molecule has 6 heteroatoms. The fraction of sp³-hybridized carbons (Fsp3) is 0.292. The van der Waals surface area contributed by atoms with Gasteiger partial charge in [-0.15, -0.1) is 0 Å². The summed E-state index contributed by atoms with van der Waals surface area (Å²) < 4.78 is 0. The number of carboxylic acids is 1. The minimum Gasteiger partial charge on any atom is -0.477 e. The van der Waals surface area contributed by atoms with Crippen LogP contribution in [0.15, 0.2) is 54.2 Å². The number of amides is 1. The number of aliphatic carboxylic acids is 1. The molecule has 1 amide bonds. The van der Waals surface area contributed by atoms with Crippen LogP contribution in [-0.4, -0.2) is 44.9 Å². The molecule has 0 unspecified atom stereocenters. The van der Waals surface area contributed by atoms with Crippen molar-refractivity contribution in [1.29, 1.82) is 0 Å². The second-order valence-corrected chi connectivity index (χ2v) is 8.03. The Balaban J connectivity index is 1.69. The Morgan fingerprint density at radius 2 is 1.47 bits per heavy atom. The molecule has 6 nitrogen and oxygen atoms in total. The molecule has 0 bridgehead atoms. The monoisotopic (exact) mass is 405 g/mol. The molecule has 30 heavy (non-hydrogen) atoms. The van der Waals surface area contributed by atoms with Crippen molar-refractivity contribution in [3.63, 3.8) is 0 Å². The van der Waals surface area contributed by atoms with Gasteiger partial charge in [-0.05, 0) is 36.1 Å². The lowest BCUT2D eigenvalue weighted by molar-refractivity contribution is -0.163. The average Bonchev–Trinajstić information content (AvgIpc) is 2.97. The molecule has 2 aromatic carbocycles. The molecular formula is C24H23NO5. The number of hydrogen-bond donors (Lipinski definition) is 2. The number of fused-ring (bicyclic) bond motifs is 1. The second-order valence-electron chi connectivity index (χ2n) is 8.03. The van der Waals surface area contributed by atoms with Gasteiger partial charge in [0.15, 0.2) is 5.78 Å². The van der Waals surface area contributed by atoms with Gasteiger partial charge in [-0.3, -0.25) is 9.59 Å². The largest absolute Gasteiger partial charge is 0.477 e. The van der Waals surface area contributed by atoms with Gasteiger partial charge in [0.05, 0.1) is 18.1 Å². The standard InChI is InChI=1S/C24H23NO5/c1-12-19(22(24(29)30)25-21(12)20(14(3)27)23(25)28)18-10-8-17(9-11-18)16-6-4-15(5-7-16)13(2)26/h4-12,14,20-21,27H,1-3H3,(H,29,30)/t12-,14+,20+,21+/m0/s1. The number of nitrogens with zero attached hydrogens (tertiary/aromatic N) is 1. The third-order valence-electron chi connectivity index (χ3n) is 6.20. The van der Waals surface area contributed by atoms with Crippen LogP contribution >= 0.6 is 0 Å². The number of β-lactam (4-membered cyclic amide) rings is 1. The summed E-state index contributed by atoms with van der Waals surface area (Å²) in [5.41, 5.74) is 3.91. The quantitative estimate of drug-likeness (QED) is 0.588. The van der Waals surface area contributed by atoms with Crippen LogP contribution in [0.25, 0.3) is 16.7 Å². The van der Waals surface area contributed by atoms with E-state index in [0.29, 0.717) is 11.1 Å². The van der Waals surface area contributed by atoms with E-state index in [9.17, 15) is 24.6 Å². The summed E-state index contributed by atoms with van der Waals surface area (Å²) in [5, 5.41) is 19.8. The summed E-state index contributed by atoms with van der Waals surface area (Å²) in [6, 6.07) is 14.5. The number of aliphatic hydroxyl groups excluding tert-OH is 1. The van der Waals surface area contributed by atoms with Crippen LogP contribution in [0.2, 0.25) is 0 Å². The number of rotatable bonds is 5. The molecule has 1 fully saturated rings. The number of Topliss-reactive ketones (excluding diaryl/α,β-unsaturated/α-hetero) is 1. The van der Waals surface area contributed by atoms with E-state index in [1.165, 1.54) is 11.8 Å². The van der Waals surface area contributed by atoms with Gasteiger partial charge < -0.3 is 15.1 Å². The van der Waals surface area contributed by atoms with Crippen molar-refractivity contribution in [1.82, 2.24) is 4.90 Å². The van der Waals surface area contributed by atoms with Crippen molar-refractivity contribution in [3.05, 3.63) is 65.4 Å². The maximum absolute atomic E-state index is 12.5. The first-order valence-electron chi connectivity index (χ1n) is 9.92. The van der Waals surface area contributed by atoms with E-state index in [2.05, 4.69) is 0 Å². The Morgan fingerprint density at radius 3 is 1.93 bits per heavy atom. The number of carboxylic acid groups (broad SMARTS) is 1. The van der Waals surface area contributed by atoms with E-state index in [0.717, 1.165) is 16.7 Å². The van der Waals surface area contributed by atoms with Gasteiger partial charge >= 0.3 is 5.97 Å². The zero-order chi connectivity index (χ0) is 21.7. The fourth-order valence-corrected chi connectivity index (χ4v) is 4.69. The lowest BCUT2D eigenvalue weighted by Crippen LogP contribution is -2.63. The molecule has 0 saturated carbocycles. The number of carbonyl (C=O) groups is 3. The molecular weight excluding hydrogens is 382 g/mol. The second kappa shape index (κ2) is 7.22. The molecule has 154 valence electrons. The first kappa shape index (κ1) is 20.0. The van der Waals surface area contributed by atoms with Crippen molar-refractivity contribution in [2.24, 2.45) is 11.8 Å². The number of aliphatic hydroxyl groups is 1. The van der Waals surface area contributed by atoms with Crippen molar-refractivity contribution in [2.75, 3.05) is 0 Å². The van der Waals surface area contributed by atoms with Crippen molar-refractivity contribution in [3.8, 4) is 11.1 Å². The summed E-state index contributed by atoms with van der Waals surface area (Å²) in [6.07, 6.45) is -0.823. The first-order chi connectivity index (χ1) is 14.2. The Morgan fingerprint density at radius 1 is 0.967 bits per heavy atom. The van der Waals surface area contributed by atoms with Crippen molar-refractivity contribution in [2.45, 2.75) is 32.9 Å². The third-order valence-corrected chi connectivity index (χ3v) is 6.20. The van der Waals surface area contributed by atoms with Crippen molar-refractivity contribution >= 4 is 23.2 Å². The molecule has 2 aliphatic rings. The van der Waals surface area contributed by atoms with Gasteiger partial charge in [-0.1, -0.05) is 55.5 Å². The molecule has 2 N–H and O–H groups in total. The molecule has 0 spiro atoms. The Bertz CT molecular complexity index is 1070. The molecule has 0 aliphatic carbocycles. The van der Waals surface area contributed by atoms with Gasteiger partial charge in [0.1, 0.15) is 5.70 Å². The SMILES string of the molecule is CC(=O)c1ccc(-c2ccc(C3=C(C(=O)O)N4C(=O)[C@H]([C@@H](C)O)[C@H]4[C@H]3C)cc2)cc1. The normalized spacial score (nSPS) is 23.8. The Labute approximate surface area is 174 Å². The third kappa shape index (κ3) is 2.95. The van der Waals surface area contributed by atoms with E-state index in [4.69, 9.17) is 0 Å². The summed E-state index contributed by atoms with van der Waals surface area (Å²) in [7, 11) is 0. The van der Waals surface area contributed by atoms with Gasteiger partial charge in [0, 0.05) is 11.5 Å². The highest BCUT2D eigenvalue weighted by molar-refractivity contribution is 6.06. The Hall–Kier alpha value is -3.25. The maximum atomic E-state index is 12.5. The van der Waals surface area contributed by atoms with Crippen LogP contribution in [0.5, 0.6) is 0 Å². The summed E-state index contributed by atoms with van der Waals surface area (Å²) in [4.78, 5) is 37.2. The van der Waals surface area contributed by atoms with Crippen LogP contribution < -0.4 is 0 Å². The van der Waals surface area contributed by atoms with E-state index in [1.54, 1.807) is 19.1 Å². The van der Waals surface area contributed by atoms with E-state index in [1.807, 2.05) is 43.3 Å². The molecule has 1 saturated heterocycles. The molecule has 4 rings (SSSR count). The highest BCUT2D eigenvalue weighted by Crippen LogP contribution is 2.50. The molecule has 0 aromatic heterocycles. The number of carbonyl (C=O) groups excluding carboxylic acids is 2. The zero-order valence-electron chi connectivity index (χ0n) is 17.0. The number of ketones is 1. The molecule has 2 aliphatic heterocycles. The van der Waals surface area contributed by atoms with E-state index < -0.39 is 18.0 Å². The highest BCUT2D eigenvalue weighted by Gasteiger charge is 2.59. The Kier molecular flexibility index (Phi) is 4.82. The van der Waals surface area contributed by atoms with Gasteiger partial charge in [0.25, 0.3) is 0 Å². The van der Waals surface area contributed by atoms with E-state index in [-0.39, 0.29) is 29.3 Å². The number of benzene rings is 2. The van der Waals surface area contributed by atoms with Crippen LogP contribution in [0.1, 0.15) is 36.7 Å². The summed E-state index contributed by atoms with van der Waals surface area (Å²) in [6.45, 7) is 4.99. The van der Waals surface area contributed by atoms with Gasteiger partial charge in [-0.2, -0.15) is 0 Å². The fourth-order valence-electron chi connectivity index (χ4n) is 4.69. The van der Waals surface area contributed by atoms with E-state index >= 15 is 0 Å². The van der Waals surface area contributed by atoms with Crippen molar-refractivity contribution < 1.29 is 24.6 Å². The zero-order valence-corrected chi connectivity index (χ0v) is 17.0. The van der Waals surface area contributed by atoms with Crippen LogP contribution in [0.4, 0.5) is 0 Å².